The highest BCUT2D eigenvalue weighted by atomic mass is 16.6. The van der Waals surface area contributed by atoms with Crippen LogP contribution in [0.2, 0.25) is 0 Å². The summed E-state index contributed by atoms with van der Waals surface area (Å²) in [7, 11) is 0. The van der Waals surface area contributed by atoms with E-state index in [0.717, 1.165) is 24.8 Å². The molecule has 2 amide bonds. The summed E-state index contributed by atoms with van der Waals surface area (Å²) in [6, 6.07) is 8.10. The standard InChI is InChI=1S/C23H32N2O5/c1-15(24-22(28)30-23(2,3)4)20(26)25-18-12-8-11-17(18)13-19(25)21(27)29-14-16-9-6-5-7-10-16/h5-7,9-10,15,17-19H,8,11-14H2,1-4H3,(H,24,28)/t15-,17-,18-,19-/m0/s1. The maximum Gasteiger partial charge on any atom is 0.408 e. The molecular weight excluding hydrogens is 384 g/mol. The number of likely N-dealkylation sites (tertiary alicyclic amines) is 1. The summed E-state index contributed by atoms with van der Waals surface area (Å²) < 4.78 is 10.8. The quantitative estimate of drug-likeness (QED) is 0.744. The summed E-state index contributed by atoms with van der Waals surface area (Å²) in [4.78, 5) is 39.8. The van der Waals surface area contributed by atoms with Crippen LogP contribution < -0.4 is 5.32 Å². The number of fused-ring (bicyclic) bond motifs is 1. The van der Waals surface area contributed by atoms with E-state index in [1.807, 2.05) is 30.3 Å². The van der Waals surface area contributed by atoms with Crippen molar-refractivity contribution in [3.05, 3.63) is 35.9 Å². The summed E-state index contributed by atoms with van der Waals surface area (Å²) in [6.07, 6.45) is 2.89. The van der Waals surface area contributed by atoms with Crippen LogP contribution in [0.1, 0.15) is 58.9 Å². The molecule has 0 bridgehead atoms. The molecule has 3 rings (SSSR count). The fourth-order valence-corrected chi connectivity index (χ4v) is 4.41. The fraction of sp³-hybridized carbons (Fsp3) is 0.609. The number of hydrogen-bond donors (Lipinski definition) is 1. The molecule has 1 aromatic rings. The zero-order valence-electron chi connectivity index (χ0n) is 18.2. The smallest absolute Gasteiger partial charge is 0.408 e. The Balaban J connectivity index is 1.66. The van der Waals surface area contributed by atoms with Gasteiger partial charge in [-0.05, 0) is 58.4 Å². The third-order valence-electron chi connectivity index (χ3n) is 5.69. The zero-order valence-corrected chi connectivity index (χ0v) is 18.2. The zero-order chi connectivity index (χ0) is 21.9. The Kier molecular flexibility index (Phi) is 6.68. The molecule has 7 nitrogen and oxygen atoms in total. The second-order valence-corrected chi connectivity index (χ2v) is 9.22. The van der Waals surface area contributed by atoms with Gasteiger partial charge in [0.25, 0.3) is 0 Å². The number of benzene rings is 1. The molecule has 0 spiro atoms. The van der Waals surface area contributed by atoms with Crippen LogP contribution in [0.5, 0.6) is 0 Å². The molecule has 0 unspecified atom stereocenters. The van der Waals surface area contributed by atoms with E-state index in [4.69, 9.17) is 9.47 Å². The fourth-order valence-electron chi connectivity index (χ4n) is 4.41. The van der Waals surface area contributed by atoms with Crippen LogP contribution in [-0.2, 0) is 25.7 Å². The molecule has 1 heterocycles. The molecule has 1 saturated heterocycles. The van der Waals surface area contributed by atoms with Gasteiger partial charge in [0.15, 0.2) is 0 Å². The van der Waals surface area contributed by atoms with Crippen molar-refractivity contribution in [2.75, 3.05) is 0 Å². The van der Waals surface area contributed by atoms with E-state index in [9.17, 15) is 14.4 Å². The molecule has 4 atom stereocenters. The Bertz CT molecular complexity index is 774. The number of carbonyl (C=O) groups excluding carboxylic acids is 3. The lowest BCUT2D eigenvalue weighted by Crippen LogP contribution is -2.53. The Morgan fingerprint density at radius 1 is 1.17 bits per heavy atom. The van der Waals surface area contributed by atoms with Gasteiger partial charge >= 0.3 is 12.1 Å². The van der Waals surface area contributed by atoms with Gasteiger partial charge in [-0.1, -0.05) is 36.8 Å². The number of alkyl carbamates (subject to hydrolysis) is 1. The summed E-state index contributed by atoms with van der Waals surface area (Å²) in [5.41, 5.74) is 0.253. The predicted octanol–water partition coefficient (Wildman–Crippen LogP) is 3.41. The van der Waals surface area contributed by atoms with E-state index in [2.05, 4.69) is 5.32 Å². The highest BCUT2D eigenvalue weighted by Crippen LogP contribution is 2.42. The highest BCUT2D eigenvalue weighted by molar-refractivity contribution is 5.90. The molecule has 1 aliphatic carbocycles. The lowest BCUT2D eigenvalue weighted by molar-refractivity contribution is -0.156. The van der Waals surface area contributed by atoms with E-state index in [0.29, 0.717) is 12.3 Å². The van der Waals surface area contributed by atoms with Crippen LogP contribution in [0.25, 0.3) is 0 Å². The first-order valence-electron chi connectivity index (χ1n) is 10.7. The SMILES string of the molecule is C[C@H](NC(=O)OC(C)(C)C)C(=O)N1[C@H](C(=O)OCc2ccccc2)C[C@@H]2CCC[C@@H]21. The van der Waals surface area contributed by atoms with E-state index >= 15 is 0 Å². The number of nitrogens with one attached hydrogen (secondary N) is 1. The van der Waals surface area contributed by atoms with Crippen molar-refractivity contribution < 1.29 is 23.9 Å². The third kappa shape index (κ3) is 5.32. The van der Waals surface area contributed by atoms with Crippen LogP contribution in [0.15, 0.2) is 30.3 Å². The van der Waals surface area contributed by atoms with Crippen molar-refractivity contribution in [3.63, 3.8) is 0 Å². The Hall–Kier alpha value is -2.57. The molecule has 164 valence electrons. The van der Waals surface area contributed by atoms with E-state index < -0.39 is 23.8 Å². The van der Waals surface area contributed by atoms with Crippen LogP contribution in [0, 0.1) is 5.92 Å². The van der Waals surface area contributed by atoms with E-state index in [-0.39, 0.29) is 24.5 Å². The maximum atomic E-state index is 13.2. The van der Waals surface area contributed by atoms with Crippen molar-refractivity contribution in [3.8, 4) is 0 Å². The average Bonchev–Trinajstić information content (AvgIpc) is 3.25. The van der Waals surface area contributed by atoms with Crippen molar-refractivity contribution in [2.45, 2.75) is 83.7 Å². The molecule has 1 aromatic carbocycles. The number of esters is 1. The highest BCUT2D eigenvalue weighted by Gasteiger charge is 2.50. The number of hydrogen-bond acceptors (Lipinski definition) is 5. The number of amides is 2. The van der Waals surface area contributed by atoms with E-state index in [1.165, 1.54) is 0 Å². The molecule has 1 aliphatic heterocycles. The van der Waals surface area contributed by atoms with Gasteiger partial charge in [-0.15, -0.1) is 0 Å². The Labute approximate surface area is 178 Å². The van der Waals surface area contributed by atoms with Gasteiger partial charge in [-0.2, -0.15) is 0 Å². The summed E-state index contributed by atoms with van der Waals surface area (Å²) in [5.74, 6) is -0.347. The number of carbonyl (C=O) groups is 3. The topological polar surface area (TPSA) is 84.9 Å². The lowest BCUT2D eigenvalue weighted by Gasteiger charge is -2.31. The van der Waals surface area contributed by atoms with Gasteiger partial charge in [0, 0.05) is 6.04 Å². The van der Waals surface area contributed by atoms with Crippen LogP contribution in [0.3, 0.4) is 0 Å². The molecule has 2 aliphatic rings. The van der Waals surface area contributed by atoms with Crippen LogP contribution >= 0.6 is 0 Å². The molecule has 30 heavy (non-hydrogen) atoms. The molecule has 7 heteroatoms. The minimum Gasteiger partial charge on any atom is -0.459 e. The van der Waals surface area contributed by atoms with Gasteiger partial charge < -0.3 is 19.7 Å². The lowest BCUT2D eigenvalue weighted by atomic mass is 10.0. The second-order valence-electron chi connectivity index (χ2n) is 9.22. The number of rotatable bonds is 5. The Morgan fingerprint density at radius 3 is 2.53 bits per heavy atom. The average molecular weight is 417 g/mol. The van der Waals surface area contributed by atoms with Crippen LogP contribution in [-0.4, -0.2) is 46.6 Å². The summed E-state index contributed by atoms with van der Waals surface area (Å²) in [5, 5.41) is 2.61. The Morgan fingerprint density at radius 2 is 1.87 bits per heavy atom. The maximum absolute atomic E-state index is 13.2. The predicted molar refractivity (Wildman–Crippen MR) is 111 cm³/mol. The normalized spacial score (nSPS) is 24.1. The largest absolute Gasteiger partial charge is 0.459 e. The van der Waals surface area contributed by atoms with Crippen molar-refractivity contribution in [1.82, 2.24) is 10.2 Å². The first kappa shape index (κ1) is 22.1. The summed E-state index contributed by atoms with van der Waals surface area (Å²) in [6.45, 7) is 7.10. The monoisotopic (exact) mass is 416 g/mol. The van der Waals surface area contributed by atoms with Gasteiger partial charge in [-0.25, -0.2) is 9.59 Å². The minimum absolute atomic E-state index is 0.0228. The minimum atomic E-state index is -0.788. The van der Waals surface area contributed by atoms with Crippen LogP contribution in [0.4, 0.5) is 4.79 Å². The third-order valence-corrected chi connectivity index (χ3v) is 5.69. The molecule has 0 radical (unpaired) electrons. The van der Waals surface area contributed by atoms with Crippen molar-refractivity contribution >= 4 is 18.0 Å². The molecule has 0 aromatic heterocycles. The van der Waals surface area contributed by atoms with Gasteiger partial charge in [0.1, 0.15) is 24.3 Å². The molecule has 1 saturated carbocycles. The van der Waals surface area contributed by atoms with E-state index in [1.54, 1.807) is 32.6 Å². The first-order chi connectivity index (χ1) is 14.2. The van der Waals surface area contributed by atoms with Gasteiger partial charge in [0.05, 0.1) is 0 Å². The number of nitrogens with zero attached hydrogens (tertiary/aromatic N) is 1. The number of ether oxygens (including phenoxy) is 2. The molecular formula is C23H32N2O5. The van der Waals surface area contributed by atoms with Gasteiger partial charge in [0.2, 0.25) is 5.91 Å². The van der Waals surface area contributed by atoms with Gasteiger partial charge in [-0.3, -0.25) is 4.79 Å². The molecule has 1 N–H and O–H groups in total. The van der Waals surface area contributed by atoms with Crippen molar-refractivity contribution in [1.29, 1.82) is 0 Å². The second kappa shape index (κ2) is 9.06. The summed E-state index contributed by atoms with van der Waals surface area (Å²) >= 11 is 0. The molecule has 2 fully saturated rings. The van der Waals surface area contributed by atoms with Crippen molar-refractivity contribution in [2.24, 2.45) is 5.92 Å². The first-order valence-corrected chi connectivity index (χ1v) is 10.7.